The molecular weight excluding hydrogens is 427 g/mol. The molecule has 2 rings (SSSR count). The van der Waals surface area contributed by atoms with Gasteiger partial charge in [0.15, 0.2) is 0 Å². The number of nitrogens with one attached hydrogen (secondary N) is 1. The molecule has 144 valence electrons. The number of benzene rings is 1. The zero-order valence-electron chi connectivity index (χ0n) is 17.1. The number of hydrogen-bond acceptors (Lipinski definition) is 4. The predicted molar refractivity (Wildman–Crippen MR) is 118 cm³/mol. The van der Waals surface area contributed by atoms with Crippen LogP contribution in [0.3, 0.4) is 0 Å². The molecular formula is C21H36N4Sn. The minimum absolute atomic E-state index is 0.357. The Morgan fingerprint density at radius 2 is 1.50 bits per heavy atom. The number of unbranched alkanes of at least 4 members (excludes halogenated alkanes) is 3. The van der Waals surface area contributed by atoms with E-state index in [1.807, 2.05) is 7.05 Å². The van der Waals surface area contributed by atoms with E-state index >= 15 is 0 Å². The standard InChI is InChI=1S/C9H9N4.3C4H9.Sn/c1-11-8-6-4-2-3-5-7(6)12-9(10)13-8;3*1-3-4-2;/h2,4-5H,1H3,(H3,10,11,12,13);3*1,3-4H2,2H3;. The van der Waals surface area contributed by atoms with Crippen LogP contribution in [0.15, 0.2) is 18.2 Å². The molecule has 0 amide bonds. The molecule has 26 heavy (non-hydrogen) atoms. The number of fused-ring (bicyclic) bond motifs is 1. The molecule has 0 fully saturated rings. The van der Waals surface area contributed by atoms with E-state index in [1.165, 1.54) is 51.8 Å². The van der Waals surface area contributed by atoms with Gasteiger partial charge in [0.05, 0.1) is 0 Å². The quantitative estimate of drug-likeness (QED) is 0.444. The third kappa shape index (κ3) is 5.02. The van der Waals surface area contributed by atoms with Gasteiger partial charge in [-0.3, -0.25) is 0 Å². The number of nitrogen functional groups attached to an aromatic ring is 1. The van der Waals surface area contributed by atoms with Gasteiger partial charge < -0.3 is 0 Å². The molecule has 5 heteroatoms. The fraction of sp³-hybridized carbons (Fsp3) is 0.619. The summed E-state index contributed by atoms with van der Waals surface area (Å²) >= 11 is -2.43. The summed E-state index contributed by atoms with van der Waals surface area (Å²) in [4.78, 5) is 8.89. The third-order valence-corrected chi connectivity index (χ3v) is 21.2. The van der Waals surface area contributed by atoms with Crippen molar-refractivity contribution in [3.8, 4) is 0 Å². The van der Waals surface area contributed by atoms with E-state index in [4.69, 9.17) is 5.73 Å². The van der Waals surface area contributed by atoms with Crippen LogP contribution >= 0.6 is 0 Å². The van der Waals surface area contributed by atoms with E-state index in [9.17, 15) is 0 Å². The molecule has 0 bridgehead atoms. The summed E-state index contributed by atoms with van der Waals surface area (Å²) in [6.45, 7) is 6.97. The Balaban J connectivity index is 2.53. The second kappa shape index (κ2) is 10.3. The first kappa shape index (κ1) is 21.3. The van der Waals surface area contributed by atoms with Crippen molar-refractivity contribution in [1.29, 1.82) is 0 Å². The van der Waals surface area contributed by atoms with E-state index in [1.54, 1.807) is 3.58 Å². The Labute approximate surface area is 163 Å². The van der Waals surface area contributed by atoms with Gasteiger partial charge in [-0.1, -0.05) is 0 Å². The number of nitrogens with two attached hydrogens (primary N) is 1. The molecule has 1 aromatic heterocycles. The van der Waals surface area contributed by atoms with Crippen LogP contribution in [-0.2, 0) is 0 Å². The normalized spacial score (nSPS) is 11.8. The molecule has 0 saturated heterocycles. The van der Waals surface area contributed by atoms with Crippen molar-refractivity contribution < 1.29 is 0 Å². The van der Waals surface area contributed by atoms with E-state index in [0.29, 0.717) is 5.95 Å². The maximum absolute atomic E-state index is 5.95. The van der Waals surface area contributed by atoms with E-state index < -0.39 is 18.4 Å². The van der Waals surface area contributed by atoms with Crippen LogP contribution in [0.25, 0.3) is 10.9 Å². The first-order chi connectivity index (χ1) is 12.6. The molecule has 1 aromatic carbocycles. The molecule has 0 spiro atoms. The van der Waals surface area contributed by atoms with Crippen molar-refractivity contribution in [2.75, 3.05) is 18.1 Å². The molecule has 4 nitrogen and oxygen atoms in total. The van der Waals surface area contributed by atoms with Crippen molar-refractivity contribution in [2.45, 2.75) is 72.6 Å². The summed E-state index contributed by atoms with van der Waals surface area (Å²) in [5, 5.41) is 4.23. The molecule has 0 aliphatic rings. The van der Waals surface area contributed by atoms with Crippen LogP contribution in [-0.4, -0.2) is 35.4 Å². The minimum atomic E-state index is -2.43. The summed E-state index contributed by atoms with van der Waals surface area (Å²) in [5.41, 5.74) is 6.96. The number of aromatic nitrogens is 2. The number of hydrogen-bond donors (Lipinski definition) is 2. The summed E-state index contributed by atoms with van der Waals surface area (Å²) in [5.74, 6) is 1.19. The second-order valence-electron chi connectivity index (χ2n) is 7.50. The molecule has 0 aliphatic heterocycles. The average Bonchev–Trinajstić information content (AvgIpc) is 2.66. The van der Waals surface area contributed by atoms with Gasteiger partial charge in [0.1, 0.15) is 0 Å². The summed E-state index contributed by atoms with van der Waals surface area (Å²) in [7, 11) is 1.89. The zero-order valence-corrected chi connectivity index (χ0v) is 19.9. The third-order valence-electron chi connectivity index (χ3n) is 5.59. The molecule has 0 radical (unpaired) electrons. The van der Waals surface area contributed by atoms with Crippen LogP contribution in [0.2, 0.25) is 13.3 Å². The molecule has 0 aliphatic carbocycles. The van der Waals surface area contributed by atoms with Crippen LogP contribution < -0.4 is 14.6 Å². The average molecular weight is 463 g/mol. The topological polar surface area (TPSA) is 63.8 Å². The van der Waals surface area contributed by atoms with E-state index in [2.05, 4.69) is 54.3 Å². The summed E-state index contributed by atoms with van der Waals surface area (Å²) < 4.78 is 6.05. The van der Waals surface area contributed by atoms with Gasteiger partial charge >= 0.3 is 163 Å². The van der Waals surface area contributed by atoms with E-state index in [-0.39, 0.29) is 0 Å². The zero-order chi connectivity index (χ0) is 19.0. The van der Waals surface area contributed by atoms with Gasteiger partial charge in [-0.05, 0) is 0 Å². The van der Waals surface area contributed by atoms with Crippen LogP contribution in [0.1, 0.15) is 59.3 Å². The maximum atomic E-state index is 5.95. The molecule has 1 heterocycles. The Bertz CT molecular complexity index is 680. The molecule has 2 aromatic rings. The van der Waals surface area contributed by atoms with Crippen molar-refractivity contribution >= 4 is 44.6 Å². The fourth-order valence-electron chi connectivity index (χ4n) is 4.02. The summed E-state index contributed by atoms with van der Waals surface area (Å²) in [6, 6.07) is 7.00. The van der Waals surface area contributed by atoms with Crippen molar-refractivity contribution in [1.82, 2.24) is 9.97 Å². The molecule has 0 saturated carbocycles. The first-order valence-electron chi connectivity index (χ1n) is 10.4. The van der Waals surface area contributed by atoms with Gasteiger partial charge in [-0.25, -0.2) is 0 Å². The Morgan fingerprint density at radius 3 is 2.00 bits per heavy atom. The molecule has 0 unspecified atom stereocenters. The Kier molecular flexibility index (Phi) is 8.45. The fourth-order valence-corrected chi connectivity index (χ4v) is 20.0. The summed E-state index contributed by atoms with van der Waals surface area (Å²) in [6.07, 6.45) is 8.00. The van der Waals surface area contributed by atoms with Gasteiger partial charge in [-0.2, -0.15) is 0 Å². The van der Waals surface area contributed by atoms with Gasteiger partial charge in [0.25, 0.3) is 0 Å². The molecule has 3 N–H and O–H groups in total. The predicted octanol–water partition coefficient (Wildman–Crippen LogP) is 5.31. The number of anilines is 2. The monoisotopic (exact) mass is 464 g/mol. The number of nitrogens with zero attached hydrogens (tertiary/aromatic N) is 2. The van der Waals surface area contributed by atoms with Gasteiger partial charge in [0.2, 0.25) is 0 Å². The Hall–Kier alpha value is -1.04. The number of rotatable bonds is 11. The SMILES string of the molecule is CCC[CH2][Sn]([CH2]CCC)([CH2]CCC)[c]1ccc2c(NC)nc(N)nc2c1. The second-order valence-corrected chi connectivity index (χ2v) is 20.7. The van der Waals surface area contributed by atoms with Gasteiger partial charge in [-0.15, -0.1) is 0 Å². The van der Waals surface area contributed by atoms with Crippen LogP contribution in [0, 0.1) is 0 Å². The van der Waals surface area contributed by atoms with Crippen molar-refractivity contribution in [2.24, 2.45) is 0 Å². The Morgan fingerprint density at radius 1 is 0.923 bits per heavy atom. The van der Waals surface area contributed by atoms with Crippen molar-refractivity contribution in [3.63, 3.8) is 0 Å². The van der Waals surface area contributed by atoms with Crippen LogP contribution in [0.5, 0.6) is 0 Å². The molecule has 0 atom stereocenters. The van der Waals surface area contributed by atoms with Crippen molar-refractivity contribution in [3.05, 3.63) is 18.2 Å². The van der Waals surface area contributed by atoms with Crippen LogP contribution in [0.4, 0.5) is 11.8 Å². The first-order valence-corrected chi connectivity index (χ1v) is 17.8. The van der Waals surface area contributed by atoms with Gasteiger partial charge in [0, 0.05) is 0 Å². The van der Waals surface area contributed by atoms with E-state index in [0.717, 1.165) is 16.7 Å².